The van der Waals surface area contributed by atoms with Gasteiger partial charge in [0, 0.05) is 25.4 Å². The molecule has 2 fully saturated rings. The largest absolute Gasteiger partial charge is 0.376 e. The molecular formula is C21H30N6O4S2. The van der Waals surface area contributed by atoms with Crippen molar-refractivity contribution in [3.8, 4) is 0 Å². The van der Waals surface area contributed by atoms with Crippen LogP contribution in [0.2, 0.25) is 0 Å². The van der Waals surface area contributed by atoms with Crippen LogP contribution >= 0.6 is 11.8 Å². The van der Waals surface area contributed by atoms with Crippen LogP contribution < -0.4 is 5.32 Å². The van der Waals surface area contributed by atoms with Gasteiger partial charge in [-0.1, -0.05) is 25.6 Å². The molecule has 1 amide bonds. The lowest BCUT2D eigenvalue weighted by molar-refractivity contribution is -0.113. The topological polar surface area (TPSA) is 119 Å². The molecule has 2 aliphatic heterocycles. The zero-order valence-corrected chi connectivity index (χ0v) is 20.5. The number of aromatic nitrogens is 4. The van der Waals surface area contributed by atoms with E-state index < -0.39 is 10.0 Å². The Hall–Kier alpha value is -2.02. The van der Waals surface area contributed by atoms with Gasteiger partial charge in [-0.25, -0.2) is 13.1 Å². The van der Waals surface area contributed by atoms with E-state index in [1.165, 1.54) is 11.8 Å². The third-order valence-electron chi connectivity index (χ3n) is 5.84. The van der Waals surface area contributed by atoms with Gasteiger partial charge in [0.1, 0.15) is 0 Å². The lowest BCUT2D eigenvalue weighted by Gasteiger charge is -2.34. The van der Waals surface area contributed by atoms with Crippen molar-refractivity contribution in [2.24, 2.45) is 11.8 Å². The average Bonchev–Trinajstić information content (AvgIpc) is 3.44. The summed E-state index contributed by atoms with van der Waals surface area (Å²) >= 11 is 1.25. The van der Waals surface area contributed by atoms with Gasteiger partial charge in [-0.2, -0.15) is 4.31 Å². The molecule has 12 heteroatoms. The van der Waals surface area contributed by atoms with E-state index in [0.717, 1.165) is 25.9 Å². The van der Waals surface area contributed by atoms with E-state index in [4.69, 9.17) is 4.74 Å². The smallest absolute Gasteiger partial charge is 0.243 e. The predicted octanol–water partition coefficient (Wildman–Crippen LogP) is 2.25. The van der Waals surface area contributed by atoms with Crippen LogP contribution in [0.25, 0.3) is 0 Å². The zero-order valence-electron chi connectivity index (χ0n) is 18.9. The van der Waals surface area contributed by atoms with Crippen LogP contribution in [0.3, 0.4) is 0 Å². The molecule has 4 rings (SSSR count). The van der Waals surface area contributed by atoms with Gasteiger partial charge in [-0.15, -0.1) is 5.10 Å². The van der Waals surface area contributed by atoms with Crippen LogP contribution in [0.1, 0.15) is 33.1 Å². The Kier molecular flexibility index (Phi) is 7.67. The van der Waals surface area contributed by atoms with Crippen LogP contribution in [0.5, 0.6) is 0 Å². The van der Waals surface area contributed by atoms with Gasteiger partial charge in [-0.3, -0.25) is 4.79 Å². The van der Waals surface area contributed by atoms with Crippen LogP contribution in [-0.2, 0) is 26.1 Å². The second-order valence-corrected chi connectivity index (χ2v) is 11.8. The SMILES string of the molecule is C[C@@H]1C[C@@H](C)CN(S(=O)(=O)c2ccc(NC(=O)CSc3nnnn3C[C@H]3CCCO3)cc2)C1. The van der Waals surface area contributed by atoms with Crippen molar-refractivity contribution in [3.05, 3.63) is 24.3 Å². The van der Waals surface area contributed by atoms with Gasteiger partial charge in [-0.05, 0) is 65.8 Å². The number of hydrogen-bond acceptors (Lipinski definition) is 8. The number of anilines is 1. The third-order valence-corrected chi connectivity index (χ3v) is 8.65. The lowest BCUT2D eigenvalue weighted by Crippen LogP contribution is -2.42. The van der Waals surface area contributed by atoms with Crippen molar-refractivity contribution in [3.63, 3.8) is 0 Å². The standard InChI is InChI=1S/C21H30N6O4S2/c1-15-10-16(2)12-26(11-15)33(29,30)19-7-5-17(6-8-19)22-20(28)14-32-21-23-24-25-27(21)13-18-4-3-9-31-18/h5-8,15-16,18H,3-4,9-14H2,1-2H3,(H,22,28)/t15-,16-,18-/m1/s1. The number of carbonyl (C=O) groups excluding carboxylic acids is 1. The minimum atomic E-state index is -3.55. The number of ether oxygens (including phenoxy) is 1. The van der Waals surface area contributed by atoms with Gasteiger partial charge in [0.25, 0.3) is 0 Å². The maximum absolute atomic E-state index is 13.0. The number of amides is 1. The van der Waals surface area contributed by atoms with Crippen molar-refractivity contribution in [2.75, 3.05) is 30.8 Å². The number of thioether (sulfide) groups is 1. The number of benzene rings is 1. The van der Waals surface area contributed by atoms with Crippen LogP contribution in [-0.4, -0.2) is 70.4 Å². The monoisotopic (exact) mass is 494 g/mol. The van der Waals surface area contributed by atoms with E-state index in [0.29, 0.717) is 42.3 Å². The average molecular weight is 495 g/mol. The maximum Gasteiger partial charge on any atom is 0.243 e. The van der Waals surface area contributed by atoms with Crippen molar-refractivity contribution < 1.29 is 17.9 Å². The molecule has 3 atom stereocenters. The molecular weight excluding hydrogens is 464 g/mol. The molecule has 0 bridgehead atoms. The molecule has 0 aliphatic carbocycles. The van der Waals surface area contributed by atoms with E-state index in [1.807, 2.05) is 0 Å². The Bertz CT molecular complexity index is 1040. The Morgan fingerprint density at radius 2 is 1.94 bits per heavy atom. The van der Waals surface area contributed by atoms with Crippen LogP contribution in [0.15, 0.2) is 34.3 Å². The highest BCUT2D eigenvalue weighted by Crippen LogP contribution is 2.27. The van der Waals surface area contributed by atoms with Crippen LogP contribution in [0.4, 0.5) is 5.69 Å². The summed E-state index contributed by atoms with van der Waals surface area (Å²) in [5.41, 5.74) is 0.541. The summed E-state index contributed by atoms with van der Waals surface area (Å²) in [6.07, 6.45) is 3.16. The van der Waals surface area contributed by atoms with Gasteiger partial charge >= 0.3 is 0 Å². The summed E-state index contributed by atoms with van der Waals surface area (Å²) in [6.45, 7) is 6.56. The van der Waals surface area contributed by atoms with Gasteiger partial charge < -0.3 is 10.1 Å². The molecule has 0 saturated carbocycles. The van der Waals surface area contributed by atoms with Crippen molar-refractivity contribution in [1.29, 1.82) is 0 Å². The number of carbonyl (C=O) groups is 1. The summed E-state index contributed by atoms with van der Waals surface area (Å²) in [6, 6.07) is 6.33. The molecule has 1 aromatic heterocycles. The minimum absolute atomic E-state index is 0.104. The Morgan fingerprint density at radius 3 is 2.61 bits per heavy atom. The van der Waals surface area contributed by atoms with Crippen molar-refractivity contribution in [1.82, 2.24) is 24.5 Å². The van der Waals surface area contributed by atoms with Gasteiger partial charge in [0.05, 0.1) is 23.3 Å². The fourth-order valence-electron chi connectivity index (χ4n) is 4.38. The first kappa shape index (κ1) is 24.1. The molecule has 0 spiro atoms. The second-order valence-electron chi connectivity index (χ2n) is 8.91. The molecule has 0 radical (unpaired) electrons. The molecule has 1 N–H and O–H groups in total. The van der Waals surface area contributed by atoms with E-state index >= 15 is 0 Å². The summed E-state index contributed by atoms with van der Waals surface area (Å²) in [5, 5.41) is 15.0. The zero-order chi connectivity index (χ0) is 23.4. The van der Waals surface area contributed by atoms with E-state index in [9.17, 15) is 13.2 Å². The lowest BCUT2D eigenvalue weighted by atomic mass is 9.94. The molecule has 0 unspecified atom stereocenters. The van der Waals surface area contributed by atoms with E-state index in [-0.39, 0.29) is 22.7 Å². The minimum Gasteiger partial charge on any atom is -0.376 e. The highest BCUT2D eigenvalue weighted by Gasteiger charge is 2.31. The summed E-state index contributed by atoms with van der Waals surface area (Å²) in [4.78, 5) is 12.6. The van der Waals surface area contributed by atoms with E-state index in [1.54, 1.807) is 33.3 Å². The molecule has 2 aliphatic rings. The number of sulfonamides is 1. The number of nitrogens with one attached hydrogen (secondary N) is 1. The van der Waals surface area contributed by atoms with Gasteiger partial charge in [0.2, 0.25) is 21.1 Å². The molecule has 2 saturated heterocycles. The first-order valence-corrected chi connectivity index (χ1v) is 13.6. The fourth-order valence-corrected chi connectivity index (χ4v) is 6.75. The summed E-state index contributed by atoms with van der Waals surface area (Å²) in [5.74, 6) is 0.591. The quantitative estimate of drug-likeness (QED) is 0.555. The molecule has 10 nitrogen and oxygen atoms in total. The Labute approximate surface area is 198 Å². The second kappa shape index (κ2) is 10.5. The fraction of sp³-hybridized carbons (Fsp3) is 0.619. The maximum atomic E-state index is 13.0. The molecule has 3 heterocycles. The Morgan fingerprint density at radius 1 is 1.21 bits per heavy atom. The van der Waals surface area contributed by atoms with Gasteiger partial charge in [0.15, 0.2) is 0 Å². The number of piperidine rings is 1. The Balaban J connectivity index is 1.31. The molecule has 1 aromatic carbocycles. The first-order chi connectivity index (χ1) is 15.8. The van der Waals surface area contributed by atoms with E-state index in [2.05, 4.69) is 34.7 Å². The third kappa shape index (κ3) is 6.11. The summed E-state index contributed by atoms with van der Waals surface area (Å²) in [7, 11) is -3.55. The summed E-state index contributed by atoms with van der Waals surface area (Å²) < 4.78 is 34.9. The predicted molar refractivity (Wildman–Crippen MR) is 124 cm³/mol. The first-order valence-electron chi connectivity index (χ1n) is 11.2. The molecule has 180 valence electrons. The molecule has 33 heavy (non-hydrogen) atoms. The molecule has 2 aromatic rings. The number of nitrogens with zero attached hydrogens (tertiary/aromatic N) is 5. The number of rotatable bonds is 8. The van der Waals surface area contributed by atoms with Crippen molar-refractivity contribution >= 4 is 33.4 Å². The van der Waals surface area contributed by atoms with Crippen LogP contribution in [0, 0.1) is 11.8 Å². The van der Waals surface area contributed by atoms with Crippen molar-refractivity contribution in [2.45, 2.75) is 55.8 Å². The number of tetrazole rings is 1. The number of hydrogen-bond donors (Lipinski definition) is 1. The normalized spacial score (nSPS) is 24.1. The highest BCUT2D eigenvalue weighted by atomic mass is 32.2. The highest BCUT2D eigenvalue weighted by molar-refractivity contribution is 7.99.